The number of fused-ring (bicyclic) bond motifs is 1. The van der Waals surface area contributed by atoms with Crippen LogP contribution in [-0.2, 0) is 6.54 Å². The zero-order valence-corrected chi connectivity index (χ0v) is 11.5. The number of hydrogen-bond donors (Lipinski definition) is 1. The molecule has 104 valence electrons. The van der Waals surface area contributed by atoms with Crippen molar-refractivity contribution in [1.82, 2.24) is 19.2 Å². The summed E-state index contributed by atoms with van der Waals surface area (Å²) in [5.41, 5.74) is 7.47. The molecular formula is C14H17N5O. The van der Waals surface area contributed by atoms with Gasteiger partial charge in [0.2, 0.25) is 5.88 Å². The maximum Gasteiger partial charge on any atom is 0.242 e. The van der Waals surface area contributed by atoms with Crippen molar-refractivity contribution in [3.63, 3.8) is 0 Å². The zero-order valence-electron chi connectivity index (χ0n) is 11.5. The van der Waals surface area contributed by atoms with E-state index in [4.69, 9.17) is 10.5 Å². The maximum atomic E-state index is 5.82. The summed E-state index contributed by atoms with van der Waals surface area (Å²) < 4.78 is 9.59. The molecule has 0 saturated heterocycles. The number of ether oxygens (including phenoxy) is 1. The Kier molecular flexibility index (Phi) is 3.15. The Balaban J connectivity index is 1.97. The lowest BCUT2D eigenvalue weighted by atomic mass is 10.4. The average molecular weight is 271 g/mol. The Morgan fingerprint density at radius 3 is 2.90 bits per heavy atom. The van der Waals surface area contributed by atoms with E-state index in [9.17, 15) is 0 Å². The van der Waals surface area contributed by atoms with Gasteiger partial charge in [-0.2, -0.15) is 10.1 Å². The van der Waals surface area contributed by atoms with Crippen LogP contribution in [0.2, 0.25) is 0 Å². The van der Waals surface area contributed by atoms with Gasteiger partial charge in [0, 0.05) is 18.8 Å². The predicted octanol–water partition coefficient (Wildman–Crippen LogP) is 2.36. The number of hydrogen-bond acceptors (Lipinski definition) is 4. The first-order chi connectivity index (χ1) is 9.69. The summed E-state index contributed by atoms with van der Waals surface area (Å²) in [5.74, 6) is 1.19. The molecule has 20 heavy (non-hydrogen) atoms. The van der Waals surface area contributed by atoms with E-state index in [1.165, 1.54) is 0 Å². The van der Waals surface area contributed by atoms with Crippen LogP contribution < -0.4 is 10.5 Å². The molecule has 0 saturated carbocycles. The van der Waals surface area contributed by atoms with Gasteiger partial charge in [-0.1, -0.05) is 6.07 Å². The molecular weight excluding hydrogens is 254 g/mol. The summed E-state index contributed by atoms with van der Waals surface area (Å²) in [7, 11) is 0. The highest BCUT2D eigenvalue weighted by Crippen LogP contribution is 2.25. The lowest BCUT2D eigenvalue weighted by Gasteiger charge is -2.04. The molecule has 0 unspecified atom stereocenters. The summed E-state index contributed by atoms with van der Waals surface area (Å²) in [6.07, 6.45) is 5.47. The van der Waals surface area contributed by atoms with Gasteiger partial charge in [-0.15, -0.1) is 0 Å². The molecule has 0 aromatic carbocycles. The Labute approximate surface area is 116 Å². The maximum absolute atomic E-state index is 5.82. The fourth-order valence-electron chi connectivity index (χ4n) is 2.06. The van der Waals surface area contributed by atoms with E-state index in [-0.39, 0.29) is 0 Å². The highest BCUT2D eigenvalue weighted by Gasteiger charge is 2.13. The van der Waals surface area contributed by atoms with Gasteiger partial charge in [0.25, 0.3) is 0 Å². The molecule has 3 aromatic heterocycles. The van der Waals surface area contributed by atoms with Crippen molar-refractivity contribution in [2.45, 2.75) is 26.4 Å². The minimum atomic E-state index is 0.294. The minimum Gasteiger partial charge on any atom is -0.434 e. The lowest BCUT2D eigenvalue weighted by molar-refractivity contribution is 0.455. The molecule has 0 aliphatic carbocycles. The van der Waals surface area contributed by atoms with Crippen LogP contribution in [-0.4, -0.2) is 19.2 Å². The van der Waals surface area contributed by atoms with E-state index in [0.717, 1.165) is 11.3 Å². The molecule has 0 bridgehead atoms. The van der Waals surface area contributed by atoms with Crippen LogP contribution >= 0.6 is 0 Å². The van der Waals surface area contributed by atoms with Crippen molar-refractivity contribution in [2.75, 3.05) is 0 Å². The van der Waals surface area contributed by atoms with Gasteiger partial charge < -0.3 is 10.5 Å². The van der Waals surface area contributed by atoms with Gasteiger partial charge in [-0.25, -0.2) is 0 Å². The molecule has 3 heterocycles. The van der Waals surface area contributed by atoms with Crippen molar-refractivity contribution < 1.29 is 4.74 Å². The van der Waals surface area contributed by atoms with Crippen molar-refractivity contribution >= 4 is 5.65 Å². The number of nitrogens with two attached hydrogens (primary N) is 1. The van der Waals surface area contributed by atoms with Crippen molar-refractivity contribution in [1.29, 1.82) is 0 Å². The first-order valence-electron chi connectivity index (χ1n) is 6.57. The van der Waals surface area contributed by atoms with Crippen LogP contribution in [0, 0.1) is 0 Å². The number of aromatic nitrogens is 4. The van der Waals surface area contributed by atoms with E-state index in [0.29, 0.717) is 24.2 Å². The third-order valence-corrected chi connectivity index (χ3v) is 3.11. The number of rotatable bonds is 4. The molecule has 0 aliphatic rings. The van der Waals surface area contributed by atoms with Gasteiger partial charge in [-0.3, -0.25) is 9.08 Å². The molecule has 6 heteroatoms. The molecule has 2 N–H and O–H groups in total. The van der Waals surface area contributed by atoms with Crippen LogP contribution in [0.1, 0.15) is 25.6 Å². The molecule has 0 atom stereocenters. The Hall–Kier alpha value is -2.34. The van der Waals surface area contributed by atoms with Crippen molar-refractivity contribution in [2.24, 2.45) is 5.73 Å². The first-order valence-corrected chi connectivity index (χ1v) is 6.57. The molecule has 0 amide bonds. The molecule has 0 radical (unpaired) electrons. The molecule has 0 fully saturated rings. The smallest absolute Gasteiger partial charge is 0.242 e. The van der Waals surface area contributed by atoms with Crippen LogP contribution in [0.25, 0.3) is 5.65 Å². The summed E-state index contributed by atoms with van der Waals surface area (Å²) in [6.45, 7) is 4.48. The van der Waals surface area contributed by atoms with Crippen molar-refractivity contribution in [3.05, 3.63) is 42.5 Å². The quantitative estimate of drug-likeness (QED) is 0.790. The third-order valence-electron chi connectivity index (χ3n) is 3.11. The number of pyridine rings is 1. The van der Waals surface area contributed by atoms with Crippen LogP contribution in [0.3, 0.4) is 0 Å². The average Bonchev–Trinajstić information content (AvgIpc) is 3.02. The molecule has 6 nitrogen and oxygen atoms in total. The molecule has 0 spiro atoms. The van der Waals surface area contributed by atoms with E-state index in [1.54, 1.807) is 6.20 Å². The van der Waals surface area contributed by atoms with Gasteiger partial charge in [0.15, 0.2) is 5.75 Å². The summed E-state index contributed by atoms with van der Waals surface area (Å²) in [5, 5.41) is 4.25. The van der Waals surface area contributed by atoms with Gasteiger partial charge in [-0.05, 0) is 26.0 Å². The Morgan fingerprint density at radius 2 is 2.20 bits per heavy atom. The second-order valence-corrected chi connectivity index (χ2v) is 4.85. The van der Waals surface area contributed by atoms with Gasteiger partial charge in [0.05, 0.1) is 12.4 Å². The van der Waals surface area contributed by atoms with E-state index in [2.05, 4.69) is 23.9 Å². The molecule has 3 aromatic rings. The van der Waals surface area contributed by atoms with Crippen LogP contribution in [0.4, 0.5) is 0 Å². The Morgan fingerprint density at radius 1 is 1.35 bits per heavy atom. The topological polar surface area (TPSA) is 70.4 Å². The molecule has 0 aliphatic heterocycles. The number of imidazole rings is 1. The van der Waals surface area contributed by atoms with Crippen LogP contribution in [0.15, 0.2) is 36.8 Å². The zero-order chi connectivity index (χ0) is 14.1. The molecule has 3 rings (SSSR count). The van der Waals surface area contributed by atoms with E-state index >= 15 is 0 Å². The fourth-order valence-corrected chi connectivity index (χ4v) is 2.06. The lowest BCUT2D eigenvalue weighted by Crippen LogP contribution is -2.02. The van der Waals surface area contributed by atoms with Gasteiger partial charge in [0.1, 0.15) is 11.3 Å². The normalized spacial score (nSPS) is 11.4. The fraction of sp³-hybridized carbons (Fsp3) is 0.286. The summed E-state index contributed by atoms with van der Waals surface area (Å²) in [4.78, 5) is 4.46. The number of nitrogens with zero attached hydrogens (tertiary/aromatic N) is 4. The van der Waals surface area contributed by atoms with E-state index < -0.39 is 0 Å². The predicted molar refractivity (Wildman–Crippen MR) is 75.8 cm³/mol. The van der Waals surface area contributed by atoms with E-state index in [1.807, 2.05) is 39.7 Å². The standard InChI is InChI=1S/C14H17N5O/c1-10(2)19-9-11(8-16-19)20-14-12(7-15)18-6-4-3-5-13(18)17-14/h3-6,8-10H,7,15H2,1-2H3. The van der Waals surface area contributed by atoms with Gasteiger partial charge >= 0.3 is 0 Å². The second kappa shape index (κ2) is 4.97. The summed E-state index contributed by atoms with van der Waals surface area (Å²) in [6, 6.07) is 6.09. The second-order valence-electron chi connectivity index (χ2n) is 4.85. The largest absolute Gasteiger partial charge is 0.434 e. The summed E-state index contributed by atoms with van der Waals surface area (Å²) >= 11 is 0. The van der Waals surface area contributed by atoms with Crippen LogP contribution in [0.5, 0.6) is 11.6 Å². The minimum absolute atomic E-state index is 0.294. The highest BCUT2D eigenvalue weighted by atomic mass is 16.5. The Bertz CT molecular complexity index is 728. The monoisotopic (exact) mass is 271 g/mol. The highest BCUT2D eigenvalue weighted by molar-refractivity contribution is 5.46. The first kappa shape index (κ1) is 12.7. The third kappa shape index (κ3) is 2.14. The van der Waals surface area contributed by atoms with Crippen molar-refractivity contribution in [3.8, 4) is 11.6 Å². The SMILES string of the molecule is CC(C)n1cc(Oc2nc3ccccn3c2CN)cn1.